The maximum Gasteiger partial charge on any atom is 0.250 e. The predicted octanol–water partition coefficient (Wildman–Crippen LogP) is 3.62. The number of carbonyl (C=O) groups excluding carboxylic acids is 1. The molecule has 1 N–H and O–H groups in total. The second kappa shape index (κ2) is 6.30. The quantitative estimate of drug-likeness (QED) is 0.916. The maximum atomic E-state index is 11.4. The molecule has 0 heterocycles. The van der Waals surface area contributed by atoms with E-state index in [-0.39, 0.29) is 12.5 Å². The van der Waals surface area contributed by atoms with E-state index in [2.05, 4.69) is 5.32 Å². The molecular formula is C10H10Cl3NO2. The minimum atomic E-state index is -0.312. The Kier molecular flexibility index (Phi) is 5.35. The fourth-order valence-corrected chi connectivity index (χ4v) is 1.94. The molecule has 0 aliphatic heterocycles. The van der Waals surface area contributed by atoms with Gasteiger partial charge in [0, 0.05) is 11.6 Å². The third-order valence-electron chi connectivity index (χ3n) is 1.71. The number of hydrogen-bond acceptors (Lipinski definition) is 2. The molecule has 1 rings (SSSR count). The first-order chi connectivity index (χ1) is 7.54. The summed E-state index contributed by atoms with van der Waals surface area (Å²) in [5, 5.41) is 3.56. The van der Waals surface area contributed by atoms with Crippen molar-refractivity contribution in [2.75, 3.05) is 18.5 Å². The van der Waals surface area contributed by atoms with Gasteiger partial charge in [-0.15, -0.1) is 0 Å². The molecule has 0 radical (unpaired) electrons. The molecule has 1 amide bonds. The highest BCUT2D eigenvalue weighted by atomic mass is 35.5. The van der Waals surface area contributed by atoms with Crippen molar-refractivity contribution in [2.45, 2.75) is 6.92 Å². The molecule has 16 heavy (non-hydrogen) atoms. The van der Waals surface area contributed by atoms with Gasteiger partial charge in [0.1, 0.15) is 6.61 Å². The number of benzene rings is 1. The van der Waals surface area contributed by atoms with Crippen LogP contribution in [0.2, 0.25) is 15.1 Å². The average Bonchev–Trinajstić information content (AvgIpc) is 2.20. The van der Waals surface area contributed by atoms with Crippen molar-refractivity contribution >= 4 is 46.4 Å². The lowest BCUT2D eigenvalue weighted by molar-refractivity contribution is -0.120. The number of amides is 1. The number of nitrogens with one attached hydrogen (secondary N) is 1. The molecule has 0 fully saturated rings. The zero-order valence-corrected chi connectivity index (χ0v) is 10.8. The minimum absolute atomic E-state index is 0.0359. The normalized spacial score (nSPS) is 10.2. The predicted molar refractivity (Wildman–Crippen MR) is 66.6 cm³/mol. The first kappa shape index (κ1) is 13.6. The summed E-state index contributed by atoms with van der Waals surface area (Å²) in [7, 11) is 0. The van der Waals surface area contributed by atoms with Crippen molar-refractivity contribution in [3.8, 4) is 0 Å². The van der Waals surface area contributed by atoms with Gasteiger partial charge in [0.15, 0.2) is 0 Å². The summed E-state index contributed by atoms with van der Waals surface area (Å²) < 4.78 is 4.95. The van der Waals surface area contributed by atoms with Crippen LogP contribution in [0.5, 0.6) is 0 Å². The van der Waals surface area contributed by atoms with Crippen LogP contribution < -0.4 is 5.32 Å². The van der Waals surface area contributed by atoms with Crippen LogP contribution >= 0.6 is 34.8 Å². The SMILES string of the molecule is CCOCC(=O)Nc1c(Cl)cc(Cl)cc1Cl. The number of carbonyl (C=O) groups is 1. The van der Waals surface area contributed by atoms with Crippen LogP contribution in [0.15, 0.2) is 12.1 Å². The second-order valence-corrected chi connectivity index (χ2v) is 4.18. The highest BCUT2D eigenvalue weighted by Crippen LogP contribution is 2.33. The Morgan fingerprint density at radius 2 is 1.88 bits per heavy atom. The Hall–Kier alpha value is -0.480. The van der Waals surface area contributed by atoms with E-state index in [0.717, 1.165) is 0 Å². The molecule has 6 heteroatoms. The topological polar surface area (TPSA) is 38.3 Å². The van der Waals surface area contributed by atoms with E-state index in [0.29, 0.717) is 27.4 Å². The van der Waals surface area contributed by atoms with Gasteiger partial charge in [-0.3, -0.25) is 4.79 Å². The van der Waals surface area contributed by atoms with Gasteiger partial charge in [0.2, 0.25) is 5.91 Å². The summed E-state index contributed by atoms with van der Waals surface area (Å²) in [5.41, 5.74) is 0.345. The molecule has 0 saturated carbocycles. The van der Waals surface area contributed by atoms with Crippen molar-refractivity contribution in [3.05, 3.63) is 27.2 Å². The summed E-state index contributed by atoms with van der Waals surface area (Å²) in [5.74, 6) is -0.312. The lowest BCUT2D eigenvalue weighted by Crippen LogP contribution is -2.18. The van der Waals surface area contributed by atoms with Gasteiger partial charge in [-0.25, -0.2) is 0 Å². The fraction of sp³-hybridized carbons (Fsp3) is 0.300. The summed E-state index contributed by atoms with van der Waals surface area (Å²) in [6, 6.07) is 3.01. The second-order valence-electron chi connectivity index (χ2n) is 2.93. The van der Waals surface area contributed by atoms with Gasteiger partial charge in [-0.05, 0) is 19.1 Å². The van der Waals surface area contributed by atoms with E-state index < -0.39 is 0 Å². The zero-order valence-electron chi connectivity index (χ0n) is 8.52. The van der Waals surface area contributed by atoms with Gasteiger partial charge < -0.3 is 10.1 Å². The van der Waals surface area contributed by atoms with Crippen LogP contribution in [0.1, 0.15) is 6.92 Å². The Morgan fingerprint density at radius 1 is 1.31 bits per heavy atom. The van der Waals surface area contributed by atoms with Gasteiger partial charge in [0.05, 0.1) is 15.7 Å². The number of ether oxygens (including phenoxy) is 1. The fourth-order valence-electron chi connectivity index (χ4n) is 1.03. The number of halogens is 3. The molecule has 1 aromatic carbocycles. The molecule has 0 spiro atoms. The first-order valence-corrected chi connectivity index (χ1v) is 5.70. The monoisotopic (exact) mass is 281 g/mol. The van der Waals surface area contributed by atoms with Gasteiger partial charge in [-0.1, -0.05) is 34.8 Å². The van der Waals surface area contributed by atoms with E-state index in [1.165, 1.54) is 12.1 Å². The molecule has 0 aliphatic rings. The number of anilines is 1. The molecule has 0 bridgehead atoms. The van der Waals surface area contributed by atoms with Crippen molar-refractivity contribution in [2.24, 2.45) is 0 Å². The Balaban J connectivity index is 2.77. The maximum absolute atomic E-state index is 11.4. The number of hydrogen-bond donors (Lipinski definition) is 1. The van der Waals surface area contributed by atoms with Gasteiger partial charge in [-0.2, -0.15) is 0 Å². The van der Waals surface area contributed by atoms with Crippen LogP contribution in [0.25, 0.3) is 0 Å². The smallest absolute Gasteiger partial charge is 0.250 e. The van der Waals surface area contributed by atoms with E-state index >= 15 is 0 Å². The van der Waals surface area contributed by atoms with E-state index in [9.17, 15) is 4.79 Å². The van der Waals surface area contributed by atoms with Crippen LogP contribution in [0.4, 0.5) is 5.69 Å². The van der Waals surface area contributed by atoms with E-state index in [1.807, 2.05) is 0 Å². The minimum Gasteiger partial charge on any atom is -0.372 e. The van der Waals surface area contributed by atoms with Crippen molar-refractivity contribution < 1.29 is 9.53 Å². The summed E-state index contributed by atoms with van der Waals surface area (Å²) in [6.45, 7) is 2.23. The highest BCUT2D eigenvalue weighted by molar-refractivity contribution is 6.42. The largest absolute Gasteiger partial charge is 0.372 e. The molecule has 88 valence electrons. The molecule has 0 aliphatic carbocycles. The molecule has 1 aromatic rings. The van der Waals surface area contributed by atoms with E-state index in [1.54, 1.807) is 6.92 Å². The lowest BCUT2D eigenvalue weighted by Gasteiger charge is -2.09. The van der Waals surface area contributed by atoms with Crippen molar-refractivity contribution in [1.29, 1.82) is 0 Å². The van der Waals surface area contributed by atoms with Crippen molar-refractivity contribution in [1.82, 2.24) is 0 Å². The summed E-state index contributed by atoms with van der Waals surface area (Å²) >= 11 is 17.5. The molecular weight excluding hydrogens is 272 g/mol. The molecule has 0 saturated heterocycles. The van der Waals surface area contributed by atoms with Gasteiger partial charge in [0.25, 0.3) is 0 Å². The third kappa shape index (κ3) is 3.83. The molecule has 0 unspecified atom stereocenters. The van der Waals surface area contributed by atoms with Crippen LogP contribution in [0, 0.1) is 0 Å². The highest BCUT2D eigenvalue weighted by Gasteiger charge is 2.10. The standard InChI is InChI=1S/C10H10Cl3NO2/c1-2-16-5-9(15)14-10-7(12)3-6(11)4-8(10)13/h3-4H,2,5H2,1H3,(H,14,15). The Morgan fingerprint density at radius 3 is 2.38 bits per heavy atom. The molecule has 0 aromatic heterocycles. The van der Waals surface area contributed by atoms with Crippen LogP contribution in [-0.2, 0) is 9.53 Å². The Bertz CT molecular complexity index is 373. The first-order valence-electron chi connectivity index (χ1n) is 4.56. The average molecular weight is 283 g/mol. The molecule has 3 nitrogen and oxygen atoms in total. The molecule has 0 atom stereocenters. The summed E-state index contributed by atoms with van der Waals surface area (Å²) in [4.78, 5) is 11.4. The third-order valence-corrected chi connectivity index (χ3v) is 2.52. The summed E-state index contributed by atoms with van der Waals surface area (Å²) in [6.07, 6.45) is 0. The number of rotatable bonds is 4. The lowest BCUT2D eigenvalue weighted by atomic mass is 10.3. The van der Waals surface area contributed by atoms with Crippen LogP contribution in [-0.4, -0.2) is 19.1 Å². The zero-order chi connectivity index (χ0) is 12.1. The van der Waals surface area contributed by atoms with E-state index in [4.69, 9.17) is 39.5 Å². The van der Waals surface area contributed by atoms with Gasteiger partial charge >= 0.3 is 0 Å². The Labute approximate surface area is 109 Å². The van der Waals surface area contributed by atoms with Crippen molar-refractivity contribution in [3.63, 3.8) is 0 Å². The van der Waals surface area contributed by atoms with Crippen LogP contribution in [0.3, 0.4) is 0 Å².